The molecular formula is C11H20O2. The normalized spacial score (nSPS) is 34.2. The van der Waals surface area contributed by atoms with Crippen LogP contribution in [0.25, 0.3) is 0 Å². The molecule has 76 valence electrons. The highest BCUT2D eigenvalue weighted by molar-refractivity contribution is 5.66. The SMILES string of the molecule is CCC1(OC(C)=O)CCC(C)CC1. The summed E-state index contributed by atoms with van der Waals surface area (Å²) in [6.45, 7) is 5.89. The predicted molar refractivity (Wildman–Crippen MR) is 52.4 cm³/mol. The molecule has 0 aromatic heterocycles. The zero-order chi connectivity index (χ0) is 9.90. The van der Waals surface area contributed by atoms with Gasteiger partial charge in [-0.3, -0.25) is 4.79 Å². The van der Waals surface area contributed by atoms with E-state index in [0.717, 1.165) is 25.2 Å². The largest absolute Gasteiger partial charge is 0.459 e. The van der Waals surface area contributed by atoms with Crippen LogP contribution in [0.3, 0.4) is 0 Å². The van der Waals surface area contributed by atoms with Crippen LogP contribution in [0.5, 0.6) is 0 Å². The van der Waals surface area contributed by atoms with Gasteiger partial charge in [0.2, 0.25) is 0 Å². The molecule has 0 unspecified atom stereocenters. The second-order valence-electron chi connectivity index (χ2n) is 4.31. The summed E-state index contributed by atoms with van der Waals surface area (Å²) in [7, 11) is 0. The number of carbonyl (C=O) groups excluding carboxylic acids is 1. The smallest absolute Gasteiger partial charge is 0.303 e. The van der Waals surface area contributed by atoms with Crippen molar-refractivity contribution in [3.8, 4) is 0 Å². The first-order valence-corrected chi connectivity index (χ1v) is 5.27. The van der Waals surface area contributed by atoms with Gasteiger partial charge in [0, 0.05) is 6.92 Å². The van der Waals surface area contributed by atoms with Crippen molar-refractivity contribution in [2.75, 3.05) is 0 Å². The van der Waals surface area contributed by atoms with E-state index in [-0.39, 0.29) is 11.6 Å². The van der Waals surface area contributed by atoms with Gasteiger partial charge in [0.15, 0.2) is 0 Å². The number of rotatable bonds is 2. The van der Waals surface area contributed by atoms with Crippen LogP contribution in [0, 0.1) is 5.92 Å². The molecule has 13 heavy (non-hydrogen) atoms. The van der Waals surface area contributed by atoms with Crippen molar-refractivity contribution in [1.29, 1.82) is 0 Å². The zero-order valence-electron chi connectivity index (χ0n) is 8.93. The quantitative estimate of drug-likeness (QED) is 0.617. The van der Waals surface area contributed by atoms with Gasteiger partial charge in [-0.2, -0.15) is 0 Å². The molecule has 0 amide bonds. The Labute approximate surface area is 80.7 Å². The summed E-state index contributed by atoms with van der Waals surface area (Å²) in [5.74, 6) is 0.673. The summed E-state index contributed by atoms with van der Waals surface area (Å²) in [4.78, 5) is 10.9. The van der Waals surface area contributed by atoms with E-state index in [1.807, 2.05) is 0 Å². The monoisotopic (exact) mass is 184 g/mol. The third-order valence-corrected chi connectivity index (χ3v) is 3.19. The fourth-order valence-electron chi connectivity index (χ4n) is 2.12. The van der Waals surface area contributed by atoms with E-state index in [2.05, 4.69) is 13.8 Å². The van der Waals surface area contributed by atoms with E-state index in [4.69, 9.17) is 4.74 Å². The van der Waals surface area contributed by atoms with Crippen LogP contribution in [0.2, 0.25) is 0 Å². The minimum Gasteiger partial charge on any atom is -0.459 e. The first kappa shape index (κ1) is 10.6. The van der Waals surface area contributed by atoms with Crippen molar-refractivity contribution in [3.05, 3.63) is 0 Å². The Bertz CT molecular complexity index is 179. The van der Waals surface area contributed by atoms with Crippen molar-refractivity contribution in [2.45, 2.75) is 58.5 Å². The summed E-state index contributed by atoms with van der Waals surface area (Å²) < 4.78 is 5.44. The van der Waals surface area contributed by atoms with Gasteiger partial charge in [-0.15, -0.1) is 0 Å². The Hall–Kier alpha value is -0.530. The third-order valence-electron chi connectivity index (χ3n) is 3.19. The molecule has 0 bridgehead atoms. The van der Waals surface area contributed by atoms with E-state index in [0.29, 0.717) is 0 Å². The lowest BCUT2D eigenvalue weighted by Gasteiger charge is -2.37. The van der Waals surface area contributed by atoms with Crippen molar-refractivity contribution in [1.82, 2.24) is 0 Å². The molecule has 0 spiro atoms. The molecule has 0 aliphatic heterocycles. The second kappa shape index (κ2) is 4.12. The van der Waals surface area contributed by atoms with Gasteiger partial charge in [-0.25, -0.2) is 0 Å². The molecule has 2 nitrogen and oxygen atoms in total. The van der Waals surface area contributed by atoms with Crippen LogP contribution in [-0.4, -0.2) is 11.6 Å². The number of hydrogen-bond acceptors (Lipinski definition) is 2. The number of carbonyl (C=O) groups is 1. The van der Waals surface area contributed by atoms with E-state index in [1.165, 1.54) is 19.8 Å². The number of esters is 1. The van der Waals surface area contributed by atoms with Crippen molar-refractivity contribution >= 4 is 5.97 Å². The third kappa shape index (κ3) is 2.71. The lowest BCUT2D eigenvalue weighted by Crippen LogP contribution is -2.37. The Balaban J connectivity index is 2.55. The Morgan fingerprint density at radius 2 is 2.00 bits per heavy atom. The molecule has 2 heteroatoms. The molecule has 1 aliphatic rings. The first-order valence-electron chi connectivity index (χ1n) is 5.27. The van der Waals surface area contributed by atoms with Gasteiger partial charge in [-0.05, 0) is 38.0 Å². The molecular weight excluding hydrogens is 164 g/mol. The zero-order valence-corrected chi connectivity index (χ0v) is 8.93. The minimum atomic E-state index is -0.128. The molecule has 0 saturated heterocycles. The second-order valence-corrected chi connectivity index (χ2v) is 4.31. The van der Waals surface area contributed by atoms with E-state index < -0.39 is 0 Å². The maximum atomic E-state index is 10.9. The van der Waals surface area contributed by atoms with Gasteiger partial charge in [0.25, 0.3) is 0 Å². The summed E-state index contributed by atoms with van der Waals surface area (Å²) in [6, 6.07) is 0. The fourth-order valence-corrected chi connectivity index (χ4v) is 2.12. The van der Waals surface area contributed by atoms with Crippen molar-refractivity contribution < 1.29 is 9.53 Å². The summed E-state index contributed by atoms with van der Waals surface area (Å²) in [5.41, 5.74) is -0.127. The van der Waals surface area contributed by atoms with Gasteiger partial charge < -0.3 is 4.74 Å². The lowest BCUT2D eigenvalue weighted by atomic mass is 9.78. The highest BCUT2D eigenvalue weighted by atomic mass is 16.6. The average Bonchev–Trinajstić information content (AvgIpc) is 2.09. The van der Waals surface area contributed by atoms with E-state index in [1.54, 1.807) is 0 Å². The van der Waals surface area contributed by atoms with Gasteiger partial charge >= 0.3 is 5.97 Å². The molecule has 0 heterocycles. The Kier molecular flexibility index (Phi) is 3.34. The average molecular weight is 184 g/mol. The summed E-state index contributed by atoms with van der Waals surface area (Å²) in [6.07, 6.45) is 5.44. The minimum absolute atomic E-state index is 0.127. The predicted octanol–water partition coefficient (Wildman–Crippen LogP) is 2.91. The molecule has 0 N–H and O–H groups in total. The van der Waals surface area contributed by atoms with Gasteiger partial charge in [0.1, 0.15) is 5.60 Å². The molecule has 0 atom stereocenters. The summed E-state index contributed by atoms with van der Waals surface area (Å²) in [5, 5.41) is 0. The highest BCUT2D eigenvalue weighted by Gasteiger charge is 2.35. The Morgan fingerprint density at radius 3 is 2.38 bits per heavy atom. The molecule has 0 radical (unpaired) electrons. The van der Waals surface area contributed by atoms with Crippen LogP contribution < -0.4 is 0 Å². The van der Waals surface area contributed by atoms with Crippen LogP contribution in [-0.2, 0) is 9.53 Å². The molecule has 1 fully saturated rings. The van der Waals surface area contributed by atoms with Gasteiger partial charge in [-0.1, -0.05) is 13.8 Å². The number of hydrogen-bond donors (Lipinski definition) is 0. The molecule has 0 aromatic carbocycles. The molecule has 1 rings (SSSR count). The molecule has 1 aliphatic carbocycles. The molecule has 1 saturated carbocycles. The lowest BCUT2D eigenvalue weighted by molar-refractivity contribution is -0.162. The summed E-state index contributed by atoms with van der Waals surface area (Å²) >= 11 is 0. The van der Waals surface area contributed by atoms with Crippen LogP contribution in [0.4, 0.5) is 0 Å². The van der Waals surface area contributed by atoms with Crippen molar-refractivity contribution in [2.24, 2.45) is 5.92 Å². The highest BCUT2D eigenvalue weighted by Crippen LogP contribution is 2.36. The van der Waals surface area contributed by atoms with Crippen LogP contribution in [0.1, 0.15) is 52.9 Å². The maximum Gasteiger partial charge on any atom is 0.303 e. The van der Waals surface area contributed by atoms with Gasteiger partial charge in [0.05, 0.1) is 0 Å². The van der Waals surface area contributed by atoms with Crippen LogP contribution >= 0.6 is 0 Å². The first-order chi connectivity index (χ1) is 6.08. The van der Waals surface area contributed by atoms with E-state index >= 15 is 0 Å². The Morgan fingerprint density at radius 1 is 1.46 bits per heavy atom. The van der Waals surface area contributed by atoms with Crippen molar-refractivity contribution in [3.63, 3.8) is 0 Å². The molecule has 0 aromatic rings. The fraction of sp³-hybridized carbons (Fsp3) is 0.909. The van der Waals surface area contributed by atoms with Crippen LogP contribution in [0.15, 0.2) is 0 Å². The number of ether oxygens (including phenoxy) is 1. The van der Waals surface area contributed by atoms with E-state index in [9.17, 15) is 4.79 Å². The standard InChI is InChI=1S/C11H20O2/c1-4-11(13-10(3)12)7-5-9(2)6-8-11/h9H,4-8H2,1-3H3. The topological polar surface area (TPSA) is 26.3 Å². The maximum absolute atomic E-state index is 10.9.